The standard InChI is InChI=1S/C15H22N2OS/c1-2-12-5-3-4-8-17(12)15(18)11-6-7-13-14(9-11)19-10-16-13/h10-12H,2-9H2,1H3. The van der Waals surface area contributed by atoms with Gasteiger partial charge >= 0.3 is 0 Å². The fourth-order valence-corrected chi connectivity index (χ4v) is 4.36. The first-order valence-corrected chi connectivity index (χ1v) is 8.39. The largest absolute Gasteiger partial charge is 0.339 e. The average Bonchev–Trinajstić information content (AvgIpc) is 2.93. The van der Waals surface area contributed by atoms with Crippen LogP contribution >= 0.6 is 11.3 Å². The van der Waals surface area contributed by atoms with E-state index in [-0.39, 0.29) is 5.92 Å². The van der Waals surface area contributed by atoms with Crippen LogP contribution in [-0.2, 0) is 17.6 Å². The smallest absolute Gasteiger partial charge is 0.226 e. The minimum atomic E-state index is 0.208. The van der Waals surface area contributed by atoms with E-state index in [2.05, 4.69) is 16.8 Å². The maximum atomic E-state index is 12.8. The Kier molecular flexibility index (Phi) is 3.87. The first-order chi connectivity index (χ1) is 9.29. The molecule has 1 aliphatic carbocycles. The van der Waals surface area contributed by atoms with E-state index in [0.29, 0.717) is 11.9 Å². The molecule has 2 unspecified atom stereocenters. The summed E-state index contributed by atoms with van der Waals surface area (Å²) in [7, 11) is 0. The number of carbonyl (C=O) groups excluding carboxylic acids is 1. The number of rotatable bonds is 2. The predicted octanol–water partition coefficient (Wildman–Crippen LogP) is 3.04. The molecule has 2 aliphatic rings. The molecule has 1 aliphatic heterocycles. The van der Waals surface area contributed by atoms with Crippen molar-refractivity contribution in [3.63, 3.8) is 0 Å². The molecule has 1 aromatic heterocycles. The van der Waals surface area contributed by atoms with Crippen LogP contribution in [0.15, 0.2) is 5.51 Å². The van der Waals surface area contributed by atoms with E-state index in [4.69, 9.17) is 0 Å². The van der Waals surface area contributed by atoms with Gasteiger partial charge in [-0.3, -0.25) is 4.79 Å². The van der Waals surface area contributed by atoms with Crippen molar-refractivity contribution in [2.24, 2.45) is 5.92 Å². The maximum absolute atomic E-state index is 12.8. The van der Waals surface area contributed by atoms with Crippen molar-refractivity contribution in [2.45, 2.75) is 57.9 Å². The Hall–Kier alpha value is -0.900. The van der Waals surface area contributed by atoms with Crippen LogP contribution in [0, 0.1) is 5.92 Å². The highest BCUT2D eigenvalue weighted by Crippen LogP contribution is 2.31. The van der Waals surface area contributed by atoms with Gasteiger partial charge in [0.25, 0.3) is 0 Å². The zero-order valence-electron chi connectivity index (χ0n) is 11.6. The molecule has 1 saturated heterocycles. The summed E-state index contributed by atoms with van der Waals surface area (Å²) in [6.45, 7) is 3.18. The SMILES string of the molecule is CCC1CCCCN1C(=O)C1CCc2ncsc2C1. The van der Waals surface area contributed by atoms with E-state index in [9.17, 15) is 4.79 Å². The number of piperidine rings is 1. The van der Waals surface area contributed by atoms with Crippen LogP contribution in [0.4, 0.5) is 0 Å². The van der Waals surface area contributed by atoms with Gasteiger partial charge in [-0.25, -0.2) is 4.98 Å². The average molecular weight is 278 g/mol. The molecule has 2 heterocycles. The molecular weight excluding hydrogens is 256 g/mol. The van der Waals surface area contributed by atoms with Crippen LogP contribution in [0.3, 0.4) is 0 Å². The van der Waals surface area contributed by atoms with E-state index >= 15 is 0 Å². The van der Waals surface area contributed by atoms with Crippen LogP contribution in [0.1, 0.15) is 49.6 Å². The highest BCUT2D eigenvalue weighted by Gasteiger charge is 2.33. The zero-order valence-corrected chi connectivity index (χ0v) is 12.4. The Morgan fingerprint density at radius 2 is 2.37 bits per heavy atom. The molecule has 4 heteroatoms. The number of fused-ring (bicyclic) bond motifs is 1. The number of aryl methyl sites for hydroxylation is 1. The highest BCUT2D eigenvalue weighted by molar-refractivity contribution is 7.09. The van der Waals surface area contributed by atoms with Gasteiger partial charge in [-0.05, 0) is 44.9 Å². The second kappa shape index (κ2) is 5.61. The Bertz CT molecular complexity index is 457. The van der Waals surface area contributed by atoms with E-state index in [1.54, 1.807) is 11.3 Å². The Balaban J connectivity index is 1.70. The lowest BCUT2D eigenvalue weighted by atomic mass is 9.88. The van der Waals surface area contributed by atoms with Gasteiger partial charge in [0, 0.05) is 23.4 Å². The van der Waals surface area contributed by atoms with Gasteiger partial charge in [0.2, 0.25) is 5.91 Å². The van der Waals surface area contributed by atoms with E-state index in [0.717, 1.165) is 32.2 Å². The number of thiazole rings is 1. The Morgan fingerprint density at radius 3 is 3.21 bits per heavy atom. The van der Waals surface area contributed by atoms with Crippen LogP contribution in [0.5, 0.6) is 0 Å². The van der Waals surface area contributed by atoms with Gasteiger partial charge < -0.3 is 4.90 Å². The summed E-state index contributed by atoms with van der Waals surface area (Å²) in [6.07, 6.45) is 7.66. The third kappa shape index (κ3) is 2.55. The van der Waals surface area contributed by atoms with E-state index in [1.807, 2.05) is 5.51 Å². The van der Waals surface area contributed by atoms with Crippen molar-refractivity contribution >= 4 is 17.2 Å². The predicted molar refractivity (Wildman–Crippen MR) is 77.3 cm³/mol. The highest BCUT2D eigenvalue weighted by atomic mass is 32.1. The Morgan fingerprint density at radius 1 is 1.47 bits per heavy atom. The van der Waals surface area contributed by atoms with Crippen LogP contribution < -0.4 is 0 Å². The summed E-state index contributed by atoms with van der Waals surface area (Å²) >= 11 is 1.72. The quantitative estimate of drug-likeness (QED) is 0.833. The third-order valence-corrected chi connectivity index (χ3v) is 5.52. The molecule has 0 aromatic carbocycles. The molecule has 2 atom stereocenters. The van der Waals surface area contributed by atoms with Crippen molar-refractivity contribution < 1.29 is 4.79 Å². The summed E-state index contributed by atoms with van der Waals surface area (Å²) in [4.78, 5) is 20.7. The number of nitrogens with zero attached hydrogens (tertiary/aromatic N) is 2. The molecule has 3 nitrogen and oxygen atoms in total. The first-order valence-electron chi connectivity index (χ1n) is 7.51. The molecule has 0 saturated carbocycles. The van der Waals surface area contributed by atoms with Crippen molar-refractivity contribution in [1.29, 1.82) is 0 Å². The summed E-state index contributed by atoms with van der Waals surface area (Å²) in [5, 5.41) is 0. The maximum Gasteiger partial charge on any atom is 0.226 e. The number of carbonyl (C=O) groups is 1. The van der Waals surface area contributed by atoms with Gasteiger partial charge in [-0.1, -0.05) is 6.92 Å². The number of amides is 1. The molecule has 1 amide bonds. The topological polar surface area (TPSA) is 33.2 Å². The molecule has 0 N–H and O–H groups in total. The molecule has 0 radical (unpaired) electrons. The lowest BCUT2D eigenvalue weighted by molar-refractivity contribution is -0.139. The second-order valence-corrected chi connectivity index (χ2v) is 6.69. The zero-order chi connectivity index (χ0) is 13.2. The number of hydrogen-bond donors (Lipinski definition) is 0. The number of likely N-dealkylation sites (tertiary alicyclic amines) is 1. The van der Waals surface area contributed by atoms with Crippen molar-refractivity contribution in [1.82, 2.24) is 9.88 Å². The summed E-state index contributed by atoms with van der Waals surface area (Å²) < 4.78 is 0. The fourth-order valence-electron chi connectivity index (χ4n) is 3.46. The van der Waals surface area contributed by atoms with Crippen molar-refractivity contribution in [3.05, 3.63) is 16.1 Å². The number of aromatic nitrogens is 1. The van der Waals surface area contributed by atoms with Crippen LogP contribution in [0.2, 0.25) is 0 Å². The van der Waals surface area contributed by atoms with Crippen LogP contribution in [0.25, 0.3) is 0 Å². The molecule has 0 bridgehead atoms. The van der Waals surface area contributed by atoms with Gasteiger partial charge in [-0.15, -0.1) is 11.3 Å². The molecule has 19 heavy (non-hydrogen) atoms. The van der Waals surface area contributed by atoms with Crippen molar-refractivity contribution in [3.8, 4) is 0 Å². The van der Waals surface area contributed by atoms with Crippen LogP contribution in [-0.4, -0.2) is 28.4 Å². The van der Waals surface area contributed by atoms with Gasteiger partial charge in [-0.2, -0.15) is 0 Å². The van der Waals surface area contributed by atoms with E-state index in [1.165, 1.54) is 29.8 Å². The van der Waals surface area contributed by atoms with Gasteiger partial charge in [0.15, 0.2) is 0 Å². The third-order valence-electron chi connectivity index (χ3n) is 4.62. The van der Waals surface area contributed by atoms with Crippen molar-refractivity contribution in [2.75, 3.05) is 6.54 Å². The van der Waals surface area contributed by atoms with Gasteiger partial charge in [0.05, 0.1) is 11.2 Å². The minimum absolute atomic E-state index is 0.208. The molecule has 0 spiro atoms. The number of hydrogen-bond acceptors (Lipinski definition) is 3. The summed E-state index contributed by atoms with van der Waals surface area (Å²) in [6, 6.07) is 0.490. The summed E-state index contributed by atoms with van der Waals surface area (Å²) in [5.41, 5.74) is 3.16. The molecule has 1 fully saturated rings. The lowest BCUT2D eigenvalue weighted by Gasteiger charge is -2.38. The lowest BCUT2D eigenvalue weighted by Crippen LogP contribution is -2.47. The molecular formula is C15H22N2OS. The first kappa shape index (κ1) is 13.1. The normalized spacial score (nSPS) is 27.1. The monoisotopic (exact) mass is 278 g/mol. The van der Waals surface area contributed by atoms with Gasteiger partial charge in [0.1, 0.15) is 0 Å². The molecule has 104 valence electrons. The minimum Gasteiger partial charge on any atom is -0.339 e. The summed E-state index contributed by atoms with van der Waals surface area (Å²) in [5.74, 6) is 0.616. The van der Waals surface area contributed by atoms with E-state index < -0.39 is 0 Å². The molecule has 3 rings (SSSR count). The molecule has 1 aromatic rings. The fraction of sp³-hybridized carbons (Fsp3) is 0.733. The second-order valence-electron chi connectivity index (χ2n) is 5.75. The Labute approximate surface area is 119 Å².